The van der Waals surface area contributed by atoms with Crippen molar-refractivity contribution in [3.63, 3.8) is 0 Å². The molecule has 0 bridgehead atoms. The van der Waals surface area contributed by atoms with E-state index in [-0.39, 0.29) is 18.4 Å². The summed E-state index contributed by atoms with van der Waals surface area (Å²) in [4.78, 5) is 0.316. The number of halogens is 1. The summed E-state index contributed by atoms with van der Waals surface area (Å²) in [5.74, 6) is 0. The molecule has 2 N–H and O–H groups in total. The Morgan fingerprint density at radius 3 is 2.62 bits per heavy atom. The van der Waals surface area contributed by atoms with Crippen LogP contribution in [-0.4, -0.2) is 41.3 Å². The van der Waals surface area contributed by atoms with E-state index in [9.17, 15) is 8.42 Å². The van der Waals surface area contributed by atoms with Crippen LogP contribution in [0.25, 0.3) is 0 Å². The Labute approximate surface area is 132 Å². The van der Waals surface area contributed by atoms with Crippen LogP contribution in [0.5, 0.6) is 0 Å². The Kier molecular flexibility index (Phi) is 7.62. The minimum atomic E-state index is -3.41. The lowest BCUT2D eigenvalue weighted by molar-refractivity contribution is 0.202. The predicted molar refractivity (Wildman–Crippen MR) is 85.5 cm³/mol. The monoisotopic (exact) mass is 334 g/mol. The molecule has 7 heteroatoms. The van der Waals surface area contributed by atoms with Crippen LogP contribution in [0.3, 0.4) is 0 Å². The molecule has 0 aromatic heterocycles. The predicted octanol–water partition coefficient (Wildman–Crippen LogP) is 1.33. The Balaban J connectivity index is 0.00000220. The molecule has 0 aliphatic carbocycles. The molecule has 1 aromatic rings. The zero-order valence-corrected chi connectivity index (χ0v) is 13.8. The number of sulfonamides is 1. The van der Waals surface area contributed by atoms with Gasteiger partial charge in [-0.2, -0.15) is 0 Å². The second kappa shape index (κ2) is 8.70. The van der Waals surface area contributed by atoms with Crippen molar-refractivity contribution in [2.75, 3.05) is 26.8 Å². The van der Waals surface area contributed by atoms with Crippen LogP contribution in [0.15, 0.2) is 29.2 Å². The van der Waals surface area contributed by atoms with E-state index in [0.717, 1.165) is 31.4 Å². The van der Waals surface area contributed by atoms with Gasteiger partial charge in [0, 0.05) is 19.7 Å². The van der Waals surface area contributed by atoms with E-state index in [4.69, 9.17) is 4.74 Å². The van der Waals surface area contributed by atoms with Crippen molar-refractivity contribution >= 4 is 22.4 Å². The molecule has 2 rings (SSSR count). The molecule has 0 saturated carbocycles. The summed E-state index contributed by atoms with van der Waals surface area (Å²) in [6.45, 7) is 2.06. The summed E-state index contributed by atoms with van der Waals surface area (Å²) in [7, 11) is -1.75. The van der Waals surface area contributed by atoms with Crippen LogP contribution in [0, 0.1) is 0 Å². The van der Waals surface area contributed by atoms with E-state index in [1.165, 1.54) is 0 Å². The molecule has 5 nitrogen and oxygen atoms in total. The van der Waals surface area contributed by atoms with E-state index in [1.807, 2.05) is 12.1 Å². The first kappa shape index (κ1) is 18.4. The zero-order valence-electron chi connectivity index (χ0n) is 12.2. The maximum absolute atomic E-state index is 12.2. The van der Waals surface area contributed by atoms with Gasteiger partial charge >= 0.3 is 0 Å². The van der Waals surface area contributed by atoms with Crippen molar-refractivity contribution in [3.8, 4) is 0 Å². The van der Waals surface area contributed by atoms with Crippen LogP contribution >= 0.6 is 12.4 Å². The van der Waals surface area contributed by atoms with Crippen LogP contribution in [-0.2, 0) is 21.2 Å². The van der Waals surface area contributed by atoms with Gasteiger partial charge in [0.1, 0.15) is 0 Å². The molecule has 120 valence electrons. The Bertz CT molecular complexity index is 514. The van der Waals surface area contributed by atoms with E-state index in [2.05, 4.69) is 10.0 Å². The van der Waals surface area contributed by atoms with Crippen molar-refractivity contribution < 1.29 is 13.2 Å². The van der Waals surface area contributed by atoms with Crippen molar-refractivity contribution in [1.29, 1.82) is 0 Å². The highest BCUT2D eigenvalue weighted by Crippen LogP contribution is 2.12. The lowest BCUT2D eigenvalue weighted by Crippen LogP contribution is -2.37. The van der Waals surface area contributed by atoms with Gasteiger partial charge in [-0.25, -0.2) is 13.1 Å². The molecule has 0 amide bonds. The minimum absolute atomic E-state index is 0. The largest absolute Gasteiger partial charge is 0.384 e. The first-order chi connectivity index (χ1) is 9.62. The standard InChI is InChI=1S/C14H22N2O3S.ClH/c1-19-10-8-12-4-6-14(7-5-12)20(17,18)16-11-13-3-2-9-15-13;/h4-7,13,15-16H,2-3,8-11H2,1H3;1H. The first-order valence-corrected chi connectivity index (χ1v) is 8.41. The van der Waals surface area contributed by atoms with Crippen molar-refractivity contribution in [2.24, 2.45) is 0 Å². The minimum Gasteiger partial charge on any atom is -0.384 e. The Morgan fingerprint density at radius 1 is 1.33 bits per heavy atom. The average Bonchev–Trinajstić information content (AvgIpc) is 2.97. The molecule has 1 fully saturated rings. The maximum Gasteiger partial charge on any atom is 0.240 e. The van der Waals surface area contributed by atoms with Crippen LogP contribution in [0.1, 0.15) is 18.4 Å². The van der Waals surface area contributed by atoms with Gasteiger partial charge < -0.3 is 10.1 Å². The van der Waals surface area contributed by atoms with Crippen LogP contribution in [0.2, 0.25) is 0 Å². The van der Waals surface area contributed by atoms with Gasteiger partial charge in [-0.15, -0.1) is 12.4 Å². The fourth-order valence-electron chi connectivity index (χ4n) is 2.28. The molecule has 21 heavy (non-hydrogen) atoms. The third kappa shape index (κ3) is 5.56. The lowest BCUT2D eigenvalue weighted by Gasteiger charge is -2.12. The van der Waals surface area contributed by atoms with Crippen molar-refractivity contribution in [2.45, 2.75) is 30.2 Å². The number of hydrogen-bond donors (Lipinski definition) is 2. The van der Waals surface area contributed by atoms with Gasteiger partial charge in [0.05, 0.1) is 11.5 Å². The lowest BCUT2D eigenvalue weighted by atomic mass is 10.2. The van der Waals surface area contributed by atoms with Gasteiger partial charge in [-0.05, 0) is 43.5 Å². The van der Waals surface area contributed by atoms with Gasteiger partial charge in [-0.1, -0.05) is 12.1 Å². The van der Waals surface area contributed by atoms with Crippen molar-refractivity contribution in [1.82, 2.24) is 10.0 Å². The molecule has 1 aromatic carbocycles. The fraction of sp³-hybridized carbons (Fsp3) is 0.571. The molecule has 0 spiro atoms. The normalized spacial score (nSPS) is 18.4. The van der Waals surface area contributed by atoms with Crippen LogP contribution < -0.4 is 10.0 Å². The fourth-order valence-corrected chi connectivity index (χ4v) is 3.36. The summed E-state index contributed by atoms with van der Waals surface area (Å²) in [6, 6.07) is 7.22. The second-order valence-corrected chi connectivity index (χ2v) is 6.80. The summed E-state index contributed by atoms with van der Waals surface area (Å²) in [5, 5.41) is 3.27. The molecule has 1 saturated heterocycles. The van der Waals surface area contributed by atoms with Gasteiger partial charge in [0.15, 0.2) is 0 Å². The highest BCUT2D eigenvalue weighted by molar-refractivity contribution is 7.89. The highest BCUT2D eigenvalue weighted by Gasteiger charge is 2.19. The van der Waals surface area contributed by atoms with E-state index in [1.54, 1.807) is 19.2 Å². The third-order valence-corrected chi connectivity index (χ3v) is 4.95. The summed E-state index contributed by atoms with van der Waals surface area (Å²) in [5.41, 5.74) is 1.07. The Morgan fingerprint density at radius 2 is 2.05 bits per heavy atom. The molecule has 1 atom stereocenters. The van der Waals surface area contributed by atoms with E-state index in [0.29, 0.717) is 18.0 Å². The van der Waals surface area contributed by atoms with Gasteiger partial charge in [0.25, 0.3) is 0 Å². The maximum atomic E-state index is 12.2. The number of benzene rings is 1. The molecule has 1 heterocycles. The Hall–Kier alpha value is -0.660. The number of ether oxygens (including phenoxy) is 1. The first-order valence-electron chi connectivity index (χ1n) is 6.93. The van der Waals surface area contributed by atoms with Gasteiger partial charge in [-0.3, -0.25) is 0 Å². The average molecular weight is 335 g/mol. The quantitative estimate of drug-likeness (QED) is 0.789. The molecular formula is C14H23ClN2O3S. The number of rotatable bonds is 7. The highest BCUT2D eigenvalue weighted by atomic mass is 35.5. The molecule has 0 radical (unpaired) electrons. The number of nitrogens with one attached hydrogen (secondary N) is 2. The second-order valence-electron chi connectivity index (χ2n) is 5.03. The SMILES string of the molecule is COCCc1ccc(S(=O)(=O)NCC2CCCN2)cc1.Cl. The molecule has 1 aliphatic rings. The van der Waals surface area contributed by atoms with E-state index < -0.39 is 10.0 Å². The van der Waals surface area contributed by atoms with Crippen LogP contribution in [0.4, 0.5) is 0 Å². The molecule has 1 aliphatic heterocycles. The van der Waals surface area contributed by atoms with Crippen molar-refractivity contribution in [3.05, 3.63) is 29.8 Å². The number of hydrogen-bond acceptors (Lipinski definition) is 4. The number of methoxy groups -OCH3 is 1. The van der Waals surface area contributed by atoms with E-state index >= 15 is 0 Å². The summed E-state index contributed by atoms with van der Waals surface area (Å²) in [6.07, 6.45) is 2.93. The topological polar surface area (TPSA) is 67.4 Å². The summed E-state index contributed by atoms with van der Waals surface area (Å²) < 4.78 is 32.0. The zero-order chi connectivity index (χ0) is 14.4. The third-order valence-electron chi connectivity index (χ3n) is 3.51. The van der Waals surface area contributed by atoms with Gasteiger partial charge in [0.2, 0.25) is 10.0 Å². The molecular weight excluding hydrogens is 312 g/mol. The smallest absolute Gasteiger partial charge is 0.240 e. The summed E-state index contributed by atoms with van der Waals surface area (Å²) >= 11 is 0. The molecule has 1 unspecified atom stereocenters.